The van der Waals surface area contributed by atoms with E-state index in [2.05, 4.69) is 10.2 Å². The van der Waals surface area contributed by atoms with Gasteiger partial charge in [-0.1, -0.05) is 17.7 Å². The van der Waals surface area contributed by atoms with Gasteiger partial charge < -0.3 is 9.15 Å². The monoisotopic (exact) mass is 297 g/mol. The number of benzene rings is 2. The molecule has 0 aliphatic heterocycles. The van der Waals surface area contributed by atoms with Gasteiger partial charge in [-0.25, -0.2) is 0 Å². The molecule has 0 bridgehead atoms. The molecule has 1 heterocycles. The Morgan fingerprint density at radius 1 is 1.14 bits per heavy atom. The van der Waals surface area contributed by atoms with E-state index in [0.29, 0.717) is 28.0 Å². The molecular formula is C15H8ClN3O2. The zero-order valence-corrected chi connectivity index (χ0v) is 11.4. The number of ether oxygens (including phenoxy) is 1. The zero-order valence-electron chi connectivity index (χ0n) is 10.7. The summed E-state index contributed by atoms with van der Waals surface area (Å²) in [6.45, 7) is 0. The smallest absolute Gasteiger partial charge is 0.247 e. The number of nitriles is 1. The zero-order chi connectivity index (χ0) is 14.7. The summed E-state index contributed by atoms with van der Waals surface area (Å²) in [6, 6.07) is 14.2. The molecule has 0 aliphatic carbocycles. The summed E-state index contributed by atoms with van der Waals surface area (Å²) >= 11 is 5.96. The van der Waals surface area contributed by atoms with Crippen LogP contribution in [0, 0.1) is 11.3 Å². The Kier molecular flexibility index (Phi) is 3.54. The maximum absolute atomic E-state index is 9.10. The van der Waals surface area contributed by atoms with Crippen LogP contribution in [0.1, 0.15) is 5.56 Å². The van der Waals surface area contributed by atoms with Gasteiger partial charge in [0.25, 0.3) is 0 Å². The van der Waals surface area contributed by atoms with E-state index in [-0.39, 0.29) is 0 Å². The molecule has 0 saturated carbocycles. The van der Waals surface area contributed by atoms with E-state index in [0.717, 1.165) is 5.56 Å². The molecule has 1 aromatic heterocycles. The minimum Gasteiger partial charge on any atom is -0.456 e. The van der Waals surface area contributed by atoms with E-state index in [1.165, 1.54) is 6.39 Å². The number of nitrogens with zero attached hydrogens (tertiary/aromatic N) is 3. The lowest BCUT2D eigenvalue weighted by Gasteiger charge is -2.08. The molecule has 0 N–H and O–H groups in total. The van der Waals surface area contributed by atoms with Crippen molar-refractivity contribution in [1.29, 1.82) is 5.26 Å². The van der Waals surface area contributed by atoms with Crippen molar-refractivity contribution in [3.63, 3.8) is 0 Å². The summed E-state index contributed by atoms with van der Waals surface area (Å²) in [5, 5.41) is 16.9. The fraction of sp³-hybridized carbons (Fsp3) is 0. The topological polar surface area (TPSA) is 71.9 Å². The molecule has 0 amide bonds. The van der Waals surface area contributed by atoms with Gasteiger partial charge in [-0.3, -0.25) is 0 Å². The van der Waals surface area contributed by atoms with Gasteiger partial charge in [0.1, 0.15) is 23.1 Å². The summed E-state index contributed by atoms with van der Waals surface area (Å²) in [5.74, 6) is 1.43. The van der Waals surface area contributed by atoms with E-state index < -0.39 is 0 Å². The van der Waals surface area contributed by atoms with Crippen LogP contribution in [-0.2, 0) is 0 Å². The third-order valence-electron chi connectivity index (χ3n) is 2.78. The SMILES string of the molecule is N#Cc1c(Cl)cccc1Oc1ccc(-c2nnco2)cc1. The van der Waals surface area contributed by atoms with Crippen molar-refractivity contribution in [3.8, 4) is 29.0 Å². The normalized spacial score (nSPS) is 10.1. The van der Waals surface area contributed by atoms with Crippen molar-refractivity contribution in [2.24, 2.45) is 0 Å². The van der Waals surface area contributed by atoms with Gasteiger partial charge in [-0.2, -0.15) is 5.26 Å². The number of hydrogen-bond acceptors (Lipinski definition) is 5. The van der Waals surface area contributed by atoms with E-state index in [4.69, 9.17) is 26.0 Å². The summed E-state index contributed by atoms with van der Waals surface area (Å²) in [4.78, 5) is 0. The Balaban J connectivity index is 1.87. The van der Waals surface area contributed by atoms with Crippen molar-refractivity contribution >= 4 is 11.6 Å². The molecule has 0 radical (unpaired) electrons. The predicted octanol–water partition coefficient (Wildman–Crippen LogP) is 4.05. The van der Waals surface area contributed by atoms with Crippen LogP contribution in [-0.4, -0.2) is 10.2 Å². The standard InChI is InChI=1S/C15H8ClN3O2/c16-13-2-1-3-14(12(13)8-17)21-11-6-4-10(5-7-11)15-19-18-9-20-15/h1-7,9H. The lowest BCUT2D eigenvalue weighted by atomic mass is 10.2. The number of hydrogen-bond donors (Lipinski definition) is 0. The van der Waals surface area contributed by atoms with Gasteiger partial charge in [0, 0.05) is 5.56 Å². The second-order valence-corrected chi connectivity index (χ2v) is 4.50. The van der Waals surface area contributed by atoms with E-state index in [1.807, 2.05) is 6.07 Å². The third kappa shape index (κ3) is 2.71. The van der Waals surface area contributed by atoms with Crippen LogP contribution in [0.2, 0.25) is 5.02 Å². The van der Waals surface area contributed by atoms with Crippen molar-refractivity contribution in [1.82, 2.24) is 10.2 Å². The van der Waals surface area contributed by atoms with Gasteiger partial charge in [0.2, 0.25) is 12.3 Å². The molecule has 0 spiro atoms. The van der Waals surface area contributed by atoms with Gasteiger partial charge in [0.15, 0.2) is 0 Å². The van der Waals surface area contributed by atoms with Gasteiger partial charge >= 0.3 is 0 Å². The van der Waals surface area contributed by atoms with Crippen LogP contribution >= 0.6 is 11.6 Å². The van der Waals surface area contributed by atoms with Gasteiger partial charge in [-0.05, 0) is 36.4 Å². The van der Waals surface area contributed by atoms with Crippen LogP contribution in [0.15, 0.2) is 53.3 Å². The second kappa shape index (κ2) is 5.65. The van der Waals surface area contributed by atoms with E-state index in [1.54, 1.807) is 42.5 Å². The number of rotatable bonds is 3. The van der Waals surface area contributed by atoms with Gasteiger partial charge in [0.05, 0.1) is 5.02 Å². The molecule has 0 fully saturated rings. The molecule has 5 nitrogen and oxygen atoms in total. The van der Waals surface area contributed by atoms with E-state index >= 15 is 0 Å². The average molecular weight is 298 g/mol. The number of halogens is 1. The lowest BCUT2D eigenvalue weighted by Crippen LogP contribution is -1.89. The van der Waals surface area contributed by atoms with Crippen LogP contribution < -0.4 is 4.74 Å². The molecule has 0 aliphatic rings. The van der Waals surface area contributed by atoms with Crippen molar-refractivity contribution in [3.05, 3.63) is 59.4 Å². The molecule has 6 heteroatoms. The van der Waals surface area contributed by atoms with Crippen LogP contribution in [0.4, 0.5) is 0 Å². The molecule has 102 valence electrons. The quantitative estimate of drug-likeness (QED) is 0.729. The van der Waals surface area contributed by atoms with Crippen LogP contribution in [0.3, 0.4) is 0 Å². The Bertz CT molecular complexity index is 793. The molecule has 3 rings (SSSR count). The summed E-state index contributed by atoms with van der Waals surface area (Å²) in [5.41, 5.74) is 1.09. The molecule has 21 heavy (non-hydrogen) atoms. The molecule has 0 unspecified atom stereocenters. The maximum Gasteiger partial charge on any atom is 0.247 e. The predicted molar refractivity (Wildman–Crippen MR) is 76.0 cm³/mol. The minimum atomic E-state index is 0.306. The third-order valence-corrected chi connectivity index (χ3v) is 3.09. The fourth-order valence-corrected chi connectivity index (χ4v) is 2.00. The Hall–Kier alpha value is -2.84. The van der Waals surface area contributed by atoms with Crippen LogP contribution in [0.25, 0.3) is 11.5 Å². The summed E-state index contributed by atoms with van der Waals surface area (Å²) in [7, 11) is 0. The highest BCUT2D eigenvalue weighted by molar-refractivity contribution is 6.31. The van der Waals surface area contributed by atoms with Crippen molar-refractivity contribution in [2.75, 3.05) is 0 Å². The molecule has 3 aromatic rings. The highest BCUT2D eigenvalue weighted by Gasteiger charge is 2.09. The lowest BCUT2D eigenvalue weighted by molar-refractivity contribution is 0.481. The second-order valence-electron chi connectivity index (χ2n) is 4.10. The van der Waals surface area contributed by atoms with Crippen molar-refractivity contribution in [2.45, 2.75) is 0 Å². The Morgan fingerprint density at radius 2 is 1.95 bits per heavy atom. The maximum atomic E-state index is 9.10. The summed E-state index contributed by atoms with van der Waals surface area (Å²) < 4.78 is 10.8. The molecule has 0 atom stereocenters. The molecule has 2 aromatic carbocycles. The molecule has 0 saturated heterocycles. The first kappa shape index (κ1) is 13.2. The minimum absolute atomic E-state index is 0.306. The first-order valence-corrected chi connectivity index (χ1v) is 6.39. The van der Waals surface area contributed by atoms with Crippen molar-refractivity contribution < 1.29 is 9.15 Å². The Labute approximate surface area is 125 Å². The Morgan fingerprint density at radius 3 is 2.62 bits per heavy atom. The summed E-state index contributed by atoms with van der Waals surface area (Å²) in [6.07, 6.45) is 1.27. The van der Waals surface area contributed by atoms with Crippen LogP contribution in [0.5, 0.6) is 11.5 Å². The largest absolute Gasteiger partial charge is 0.456 e. The van der Waals surface area contributed by atoms with Gasteiger partial charge in [-0.15, -0.1) is 10.2 Å². The fourth-order valence-electron chi connectivity index (χ4n) is 1.79. The average Bonchev–Trinajstić information content (AvgIpc) is 3.03. The highest BCUT2D eigenvalue weighted by atomic mass is 35.5. The highest BCUT2D eigenvalue weighted by Crippen LogP contribution is 2.30. The van der Waals surface area contributed by atoms with E-state index in [9.17, 15) is 0 Å². The first-order chi connectivity index (χ1) is 10.3. The number of aromatic nitrogens is 2. The molecular weight excluding hydrogens is 290 g/mol. The first-order valence-electron chi connectivity index (χ1n) is 6.01.